The highest BCUT2D eigenvalue weighted by molar-refractivity contribution is 5.92. The first-order valence-corrected chi connectivity index (χ1v) is 7.30. The van der Waals surface area contributed by atoms with Crippen molar-refractivity contribution in [1.29, 1.82) is 0 Å². The molecule has 1 saturated heterocycles. The third-order valence-electron chi connectivity index (χ3n) is 3.62. The highest BCUT2D eigenvalue weighted by Gasteiger charge is 2.27. The summed E-state index contributed by atoms with van der Waals surface area (Å²) in [7, 11) is 0. The van der Waals surface area contributed by atoms with Crippen molar-refractivity contribution < 1.29 is 14.3 Å². The van der Waals surface area contributed by atoms with Gasteiger partial charge in [0, 0.05) is 18.7 Å². The molecule has 2 rings (SSSR count). The van der Waals surface area contributed by atoms with Gasteiger partial charge in [-0.1, -0.05) is 12.1 Å². The molecule has 0 aromatic heterocycles. The number of carbonyl (C=O) groups is 2. The van der Waals surface area contributed by atoms with Crippen LogP contribution in [0, 0.1) is 5.92 Å². The molecule has 1 aliphatic rings. The number of carbonyl (C=O) groups excluding carboxylic acids is 2. The fourth-order valence-electron chi connectivity index (χ4n) is 2.63. The fourth-order valence-corrected chi connectivity index (χ4v) is 2.63. The number of nitrogens with two attached hydrogens (primary N) is 1. The minimum absolute atomic E-state index is 0.0937. The van der Waals surface area contributed by atoms with Crippen LogP contribution in [0.3, 0.4) is 0 Å². The number of hydrogen-bond donors (Lipinski definition) is 1. The Morgan fingerprint density at radius 1 is 1.43 bits per heavy atom. The van der Waals surface area contributed by atoms with Crippen molar-refractivity contribution in [2.24, 2.45) is 11.7 Å². The van der Waals surface area contributed by atoms with Crippen LogP contribution < -0.4 is 5.73 Å². The number of likely N-dealkylation sites (tertiary alicyclic amines) is 1. The van der Waals surface area contributed by atoms with Crippen molar-refractivity contribution >= 4 is 12.0 Å². The van der Waals surface area contributed by atoms with Crippen molar-refractivity contribution in [2.75, 3.05) is 13.1 Å². The lowest BCUT2D eigenvalue weighted by atomic mass is 9.97. The second-order valence-electron chi connectivity index (χ2n) is 5.80. The molecule has 0 spiro atoms. The first kappa shape index (κ1) is 15.4. The topological polar surface area (TPSA) is 72.6 Å². The number of nitrogens with zero attached hydrogens (tertiary/aromatic N) is 1. The summed E-state index contributed by atoms with van der Waals surface area (Å²) in [5, 5.41) is 0. The maximum absolute atomic E-state index is 11.8. The molecule has 114 valence electrons. The van der Waals surface area contributed by atoms with Gasteiger partial charge in [-0.25, -0.2) is 4.79 Å². The lowest BCUT2D eigenvalue weighted by Gasteiger charge is -2.18. The molecule has 2 amide bonds. The smallest absolute Gasteiger partial charge is 0.410 e. The van der Waals surface area contributed by atoms with E-state index in [9.17, 15) is 9.59 Å². The van der Waals surface area contributed by atoms with Crippen LogP contribution in [0.4, 0.5) is 4.79 Å². The number of benzene rings is 1. The van der Waals surface area contributed by atoms with Crippen molar-refractivity contribution in [2.45, 2.75) is 32.8 Å². The minimum atomic E-state index is -0.412. The molecule has 1 atom stereocenters. The van der Waals surface area contributed by atoms with Crippen LogP contribution in [0.5, 0.6) is 0 Å². The molecule has 0 radical (unpaired) electrons. The Hall–Kier alpha value is -2.04. The fraction of sp³-hybridized carbons (Fsp3) is 0.500. The molecule has 0 aliphatic carbocycles. The van der Waals surface area contributed by atoms with E-state index >= 15 is 0 Å². The third-order valence-corrected chi connectivity index (χ3v) is 3.62. The van der Waals surface area contributed by atoms with Gasteiger partial charge in [0.25, 0.3) is 0 Å². The molecule has 1 unspecified atom stereocenters. The highest BCUT2D eigenvalue weighted by Crippen LogP contribution is 2.22. The molecule has 5 nitrogen and oxygen atoms in total. The standard InChI is InChI=1S/C16H22N2O3/c1-11(2)21-16(20)18-7-6-13(10-18)8-12-4-3-5-14(9-12)15(17)19/h3-5,9,11,13H,6-8,10H2,1-2H3,(H2,17,19). The molecule has 1 fully saturated rings. The lowest BCUT2D eigenvalue weighted by molar-refractivity contribution is 0.0825. The number of rotatable bonds is 4. The Bertz CT molecular complexity index is 528. The molecule has 1 aromatic rings. The summed E-state index contributed by atoms with van der Waals surface area (Å²) < 4.78 is 5.21. The summed E-state index contributed by atoms with van der Waals surface area (Å²) in [6.45, 7) is 5.12. The van der Waals surface area contributed by atoms with Crippen LogP contribution in [0.1, 0.15) is 36.2 Å². The summed E-state index contributed by atoms with van der Waals surface area (Å²) in [5.41, 5.74) is 6.90. The van der Waals surface area contributed by atoms with Crippen molar-refractivity contribution in [1.82, 2.24) is 4.90 Å². The molecule has 0 bridgehead atoms. The predicted molar refractivity (Wildman–Crippen MR) is 80.0 cm³/mol. The Morgan fingerprint density at radius 2 is 2.19 bits per heavy atom. The molecular formula is C16H22N2O3. The lowest BCUT2D eigenvalue weighted by Crippen LogP contribution is -2.31. The summed E-state index contributed by atoms with van der Waals surface area (Å²) in [4.78, 5) is 24.8. The van der Waals surface area contributed by atoms with Gasteiger partial charge in [-0.2, -0.15) is 0 Å². The number of ether oxygens (including phenoxy) is 1. The van der Waals surface area contributed by atoms with Gasteiger partial charge < -0.3 is 15.4 Å². The normalized spacial score (nSPS) is 18.0. The number of hydrogen-bond acceptors (Lipinski definition) is 3. The van der Waals surface area contributed by atoms with E-state index in [1.54, 1.807) is 11.0 Å². The van der Waals surface area contributed by atoms with E-state index in [4.69, 9.17) is 10.5 Å². The largest absolute Gasteiger partial charge is 0.447 e. The number of amides is 2. The van der Waals surface area contributed by atoms with Gasteiger partial charge in [-0.05, 0) is 50.3 Å². The van der Waals surface area contributed by atoms with E-state index in [2.05, 4.69) is 0 Å². The van der Waals surface area contributed by atoms with Gasteiger partial charge in [-0.15, -0.1) is 0 Å². The quantitative estimate of drug-likeness (QED) is 0.924. The first-order chi connectivity index (χ1) is 9.95. The van der Waals surface area contributed by atoms with Crippen LogP contribution in [-0.2, 0) is 11.2 Å². The van der Waals surface area contributed by atoms with E-state index in [1.807, 2.05) is 32.0 Å². The monoisotopic (exact) mass is 290 g/mol. The first-order valence-electron chi connectivity index (χ1n) is 7.30. The molecule has 1 aliphatic heterocycles. The van der Waals surface area contributed by atoms with Crippen molar-refractivity contribution in [3.05, 3.63) is 35.4 Å². The van der Waals surface area contributed by atoms with Gasteiger partial charge in [0.1, 0.15) is 0 Å². The summed E-state index contributed by atoms with van der Waals surface area (Å²) >= 11 is 0. The van der Waals surface area contributed by atoms with E-state index in [1.165, 1.54) is 0 Å². The second-order valence-corrected chi connectivity index (χ2v) is 5.80. The Morgan fingerprint density at radius 3 is 2.86 bits per heavy atom. The van der Waals surface area contributed by atoms with Crippen LogP contribution in [0.25, 0.3) is 0 Å². The van der Waals surface area contributed by atoms with Gasteiger partial charge in [0.15, 0.2) is 0 Å². The average molecular weight is 290 g/mol. The van der Waals surface area contributed by atoms with E-state index < -0.39 is 5.91 Å². The van der Waals surface area contributed by atoms with Crippen molar-refractivity contribution in [3.8, 4) is 0 Å². The van der Waals surface area contributed by atoms with Gasteiger partial charge in [0.2, 0.25) is 5.91 Å². The predicted octanol–water partition coefficient (Wildman–Crippen LogP) is 2.19. The van der Waals surface area contributed by atoms with Crippen LogP contribution in [-0.4, -0.2) is 36.1 Å². The summed E-state index contributed by atoms with van der Waals surface area (Å²) in [5.74, 6) is -0.0155. The van der Waals surface area contributed by atoms with Crippen molar-refractivity contribution in [3.63, 3.8) is 0 Å². The highest BCUT2D eigenvalue weighted by atomic mass is 16.6. The zero-order valence-electron chi connectivity index (χ0n) is 12.5. The van der Waals surface area contributed by atoms with Gasteiger partial charge in [0.05, 0.1) is 6.10 Å². The second kappa shape index (κ2) is 6.61. The Balaban J connectivity index is 1.92. The maximum atomic E-state index is 11.8. The van der Waals surface area contributed by atoms with E-state index in [0.29, 0.717) is 18.0 Å². The average Bonchev–Trinajstić information content (AvgIpc) is 2.87. The number of primary amides is 1. The zero-order chi connectivity index (χ0) is 15.4. The van der Waals surface area contributed by atoms with Crippen LogP contribution in [0.2, 0.25) is 0 Å². The molecule has 5 heteroatoms. The third kappa shape index (κ3) is 4.21. The molecular weight excluding hydrogens is 268 g/mol. The van der Waals surface area contributed by atoms with Gasteiger partial charge in [-0.3, -0.25) is 4.79 Å². The van der Waals surface area contributed by atoms with Gasteiger partial charge >= 0.3 is 6.09 Å². The van der Waals surface area contributed by atoms with E-state index in [-0.39, 0.29) is 12.2 Å². The minimum Gasteiger partial charge on any atom is -0.447 e. The SMILES string of the molecule is CC(C)OC(=O)N1CCC(Cc2cccc(C(N)=O)c2)C1. The zero-order valence-corrected chi connectivity index (χ0v) is 12.5. The molecule has 1 aromatic carbocycles. The Labute approximate surface area is 125 Å². The van der Waals surface area contributed by atoms with E-state index in [0.717, 1.165) is 24.9 Å². The molecule has 21 heavy (non-hydrogen) atoms. The summed E-state index contributed by atoms with van der Waals surface area (Å²) in [6, 6.07) is 7.38. The Kier molecular flexibility index (Phi) is 4.83. The molecule has 1 heterocycles. The summed E-state index contributed by atoms with van der Waals surface area (Å²) in [6.07, 6.45) is 1.46. The molecule has 2 N–H and O–H groups in total. The van der Waals surface area contributed by atoms with Crippen LogP contribution >= 0.6 is 0 Å². The molecule has 0 saturated carbocycles. The maximum Gasteiger partial charge on any atom is 0.410 e. The van der Waals surface area contributed by atoms with Crippen LogP contribution in [0.15, 0.2) is 24.3 Å².